The summed E-state index contributed by atoms with van der Waals surface area (Å²) >= 11 is 15.7. The highest BCUT2D eigenvalue weighted by Crippen LogP contribution is 2.52. The Morgan fingerprint density at radius 3 is 0.782 bits per heavy atom. The summed E-state index contributed by atoms with van der Waals surface area (Å²) in [6, 6.07) is 60.6. The van der Waals surface area contributed by atoms with Gasteiger partial charge in [-0.25, -0.2) is 4.57 Å². The third-order valence-corrected chi connectivity index (χ3v) is 11.1. The van der Waals surface area contributed by atoms with Crippen LogP contribution in [0.3, 0.4) is 0 Å². The van der Waals surface area contributed by atoms with Crippen molar-refractivity contribution in [1.82, 2.24) is 0 Å². The number of benzene rings is 10. The second-order valence-electron chi connectivity index (χ2n) is 13.6. The Hall–Kier alpha value is -5.55. The van der Waals surface area contributed by atoms with E-state index >= 15 is 0 Å². The first-order valence-electron chi connectivity index (χ1n) is 17.7. The van der Waals surface area contributed by atoms with E-state index in [1.807, 2.05) is 0 Å². The molecule has 0 saturated heterocycles. The van der Waals surface area contributed by atoms with Gasteiger partial charge in [0.25, 0.3) is 0 Å². The van der Waals surface area contributed by atoms with E-state index in [0.29, 0.717) is 10.0 Å². The van der Waals surface area contributed by atoms with Crippen molar-refractivity contribution in [3.05, 3.63) is 180 Å². The van der Waals surface area contributed by atoms with E-state index in [1.165, 1.54) is 43.1 Å². The minimum Gasteiger partial charge on any atom is -0.303 e. The van der Waals surface area contributed by atoms with Crippen molar-refractivity contribution in [2.45, 2.75) is 0 Å². The van der Waals surface area contributed by atoms with Crippen molar-refractivity contribution < 1.29 is 19.2 Å². The average Bonchev–Trinajstić information content (AvgIpc) is 3.19. The lowest BCUT2D eigenvalue weighted by Gasteiger charge is -2.22. The lowest BCUT2D eigenvalue weighted by atomic mass is 9.85. The highest BCUT2D eigenvalue weighted by atomic mass is 35.5. The van der Waals surface area contributed by atoms with Crippen LogP contribution in [0, 0.1) is 0 Å². The monoisotopic (exact) mass is 772 g/mol. The zero-order chi connectivity index (χ0) is 37.8. The summed E-state index contributed by atoms with van der Waals surface area (Å²) in [5, 5.41) is 15.1. The number of fused-ring (bicyclic) bond motifs is 6. The van der Waals surface area contributed by atoms with Crippen molar-refractivity contribution >= 4 is 95.7 Å². The standard InChI is InChI=1S/C48H28Cl2.H3O4P/c49-47-41(43-35-19-7-1-13-29(35)25-30-14-2-8-20-36(30)43)27-33-17-5-11-23-39(33)45(47)46-40-24-12-6-18-34(40)28-42(48(46)50)44-37-21-9-3-15-31(37)26-32-16-4-10-22-38(32)44;1-5(2,3)4/h1-28H;(H3,1,2,3,4). The topological polar surface area (TPSA) is 77.8 Å². The Morgan fingerprint density at radius 2 is 0.527 bits per heavy atom. The summed E-state index contributed by atoms with van der Waals surface area (Å²) in [6.07, 6.45) is 0. The van der Waals surface area contributed by atoms with E-state index < -0.39 is 7.82 Å². The van der Waals surface area contributed by atoms with Crippen LogP contribution in [0.15, 0.2) is 170 Å². The lowest BCUT2D eigenvalue weighted by molar-refractivity contribution is 0.275. The molecule has 0 aliphatic heterocycles. The molecular formula is C48H31Cl2O4P. The highest BCUT2D eigenvalue weighted by molar-refractivity contribution is 7.45. The molecule has 0 spiro atoms. The molecule has 0 aromatic heterocycles. The van der Waals surface area contributed by atoms with Gasteiger partial charge in [-0.05, 0) is 100 Å². The second-order valence-corrected chi connectivity index (χ2v) is 15.4. The van der Waals surface area contributed by atoms with Crippen LogP contribution in [0.2, 0.25) is 10.0 Å². The summed E-state index contributed by atoms with van der Waals surface area (Å²) in [7, 11) is -4.64. The first kappa shape index (κ1) is 35.2. The molecule has 0 atom stereocenters. The van der Waals surface area contributed by atoms with Gasteiger partial charge in [-0.3, -0.25) is 0 Å². The quantitative estimate of drug-likeness (QED) is 0.123. The lowest BCUT2D eigenvalue weighted by Crippen LogP contribution is -1.95. The van der Waals surface area contributed by atoms with Crippen molar-refractivity contribution in [3.8, 4) is 33.4 Å². The predicted molar refractivity (Wildman–Crippen MR) is 232 cm³/mol. The fourth-order valence-electron chi connectivity index (χ4n) is 8.11. The maximum atomic E-state index is 8.88. The molecule has 0 radical (unpaired) electrons. The van der Waals surface area contributed by atoms with Crippen molar-refractivity contribution in [3.63, 3.8) is 0 Å². The van der Waals surface area contributed by atoms with Gasteiger partial charge in [0, 0.05) is 22.3 Å². The van der Waals surface area contributed by atoms with E-state index in [1.54, 1.807) is 0 Å². The molecule has 7 heteroatoms. The molecule has 10 aromatic rings. The zero-order valence-electron chi connectivity index (χ0n) is 29.1. The van der Waals surface area contributed by atoms with Crippen LogP contribution in [0.1, 0.15) is 0 Å². The SMILES string of the molecule is Clc1c(-c2c3ccccc3cc3ccccc23)cc2ccccc2c1-c1c(Cl)c(-c2c3ccccc3cc3ccccc23)cc2ccccc12.O=P(O)(O)O. The van der Waals surface area contributed by atoms with E-state index in [2.05, 4.69) is 170 Å². The first-order valence-corrected chi connectivity index (χ1v) is 20.0. The molecule has 0 saturated carbocycles. The average molecular weight is 774 g/mol. The van der Waals surface area contributed by atoms with Gasteiger partial charge in [0.1, 0.15) is 0 Å². The number of hydrogen-bond donors (Lipinski definition) is 3. The van der Waals surface area contributed by atoms with Gasteiger partial charge in [0.05, 0.1) is 10.0 Å². The van der Waals surface area contributed by atoms with Crippen LogP contribution in [0.25, 0.3) is 98.0 Å². The van der Waals surface area contributed by atoms with Gasteiger partial charge in [-0.2, -0.15) is 0 Å². The third-order valence-electron chi connectivity index (χ3n) is 10.3. The number of rotatable bonds is 3. The summed E-state index contributed by atoms with van der Waals surface area (Å²) < 4.78 is 8.88. The minimum absolute atomic E-state index is 0.692. The molecule has 0 bridgehead atoms. The normalized spacial score (nSPS) is 11.8. The predicted octanol–water partition coefficient (Wildman–Crippen LogP) is 14.0. The number of phosphoric acid groups is 1. The Kier molecular flexibility index (Phi) is 8.92. The summed E-state index contributed by atoms with van der Waals surface area (Å²) in [5.74, 6) is 0. The molecule has 3 N–H and O–H groups in total. The van der Waals surface area contributed by atoms with E-state index in [-0.39, 0.29) is 0 Å². The van der Waals surface area contributed by atoms with Gasteiger partial charge in [-0.15, -0.1) is 0 Å². The number of halogens is 2. The van der Waals surface area contributed by atoms with Gasteiger partial charge in [0.2, 0.25) is 0 Å². The smallest absolute Gasteiger partial charge is 0.303 e. The van der Waals surface area contributed by atoms with Crippen LogP contribution in [0.5, 0.6) is 0 Å². The molecule has 266 valence electrons. The Bertz CT molecular complexity index is 2890. The van der Waals surface area contributed by atoms with E-state index in [9.17, 15) is 0 Å². The van der Waals surface area contributed by atoms with Gasteiger partial charge in [0.15, 0.2) is 0 Å². The molecule has 0 amide bonds. The van der Waals surface area contributed by atoms with Crippen molar-refractivity contribution in [2.75, 3.05) is 0 Å². The summed E-state index contributed by atoms with van der Waals surface area (Å²) in [4.78, 5) is 21.6. The summed E-state index contributed by atoms with van der Waals surface area (Å²) in [6.45, 7) is 0. The van der Waals surface area contributed by atoms with Gasteiger partial charge >= 0.3 is 7.82 Å². The van der Waals surface area contributed by atoms with E-state index in [4.69, 9.17) is 42.4 Å². The van der Waals surface area contributed by atoms with E-state index in [0.717, 1.165) is 54.9 Å². The zero-order valence-corrected chi connectivity index (χ0v) is 31.5. The van der Waals surface area contributed by atoms with Gasteiger partial charge in [-0.1, -0.05) is 169 Å². The Balaban J connectivity index is 0.000000748. The third kappa shape index (κ3) is 6.34. The molecule has 0 aliphatic carbocycles. The van der Waals surface area contributed by atoms with Crippen molar-refractivity contribution in [1.29, 1.82) is 0 Å². The fraction of sp³-hybridized carbons (Fsp3) is 0. The molecule has 0 heterocycles. The second kappa shape index (κ2) is 13.9. The first-order chi connectivity index (χ1) is 26.7. The molecule has 55 heavy (non-hydrogen) atoms. The highest BCUT2D eigenvalue weighted by Gasteiger charge is 2.24. The largest absolute Gasteiger partial charge is 0.466 e. The van der Waals surface area contributed by atoms with Crippen molar-refractivity contribution in [2.24, 2.45) is 0 Å². The summed E-state index contributed by atoms with van der Waals surface area (Å²) in [5.41, 5.74) is 6.15. The molecule has 4 nitrogen and oxygen atoms in total. The number of hydrogen-bond acceptors (Lipinski definition) is 1. The molecule has 0 unspecified atom stereocenters. The van der Waals surface area contributed by atoms with Gasteiger partial charge < -0.3 is 14.7 Å². The molecule has 10 rings (SSSR count). The van der Waals surface area contributed by atoms with Crippen LogP contribution in [-0.2, 0) is 4.57 Å². The maximum absolute atomic E-state index is 8.88. The molecule has 10 aromatic carbocycles. The maximum Gasteiger partial charge on any atom is 0.466 e. The van der Waals surface area contributed by atoms with Crippen LogP contribution in [-0.4, -0.2) is 14.7 Å². The minimum atomic E-state index is -4.64. The Morgan fingerprint density at radius 1 is 0.327 bits per heavy atom. The van der Waals surface area contributed by atoms with Crippen LogP contribution >= 0.6 is 31.0 Å². The fourth-order valence-corrected chi connectivity index (χ4v) is 8.80. The Labute approximate surface area is 326 Å². The molecule has 0 fully saturated rings. The van der Waals surface area contributed by atoms with Crippen LogP contribution < -0.4 is 0 Å². The molecular weight excluding hydrogens is 742 g/mol. The molecule has 0 aliphatic rings. The van der Waals surface area contributed by atoms with Crippen LogP contribution in [0.4, 0.5) is 0 Å².